The van der Waals surface area contributed by atoms with Crippen molar-refractivity contribution in [3.63, 3.8) is 0 Å². The molecule has 1 aliphatic rings. The normalized spacial score (nSPS) is 19.3. The summed E-state index contributed by atoms with van der Waals surface area (Å²) in [6, 6.07) is 7.00. The Morgan fingerprint density at radius 1 is 1.29 bits per heavy atom. The quantitative estimate of drug-likeness (QED) is 0.626. The van der Waals surface area contributed by atoms with Gasteiger partial charge in [0.05, 0.1) is 18.1 Å². The van der Waals surface area contributed by atoms with Crippen LogP contribution in [0.15, 0.2) is 30.3 Å². The fourth-order valence-corrected chi connectivity index (χ4v) is 4.40. The SMILES string of the molecule is CCOC(=O)C=Cc1ccc(NC(=O)CC2CCS(=O)(=O)C2)cc1. The molecule has 0 saturated carbocycles. The Hall–Kier alpha value is -2.15. The van der Waals surface area contributed by atoms with E-state index >= 15 is 0 Å². The van der Waals surface area contributed by atoms with Crippen LogP contribution in [0.3, 0.4) is 0 Å². The maximum Gasteiger partial charge on any atom is 0.330 e. The third kappa shape index (κ3) is 5.81. The summed E-state index contributed by atoms with van der Waals surface area (Å²) in [5.41, 5.74) is 1.44. The zero-order chi connectivity index (χ0) is 17.6. The smallest absolute Gasteiger partial charge is 0.330 e. The lowest BCUT2D eigenvalue weighted by atomic mass is 10.0. The highest BCUT2D eigenvalue weighted by molar-refractivity contribution is 7.91. The molecule has 1 fully saturated rings. The van der Waals surface area contributed by atoms with E-state index in [0.717, 1.165) is 5.56 Å². The number of carbonyl (C=O) groups is 2. The van der Waals surface area contributed by atoms with Crippen molar-refractivity contribution in [2.24, 2.45) is 5.92 Å². The third-order valence-corrected chi connectivity index (χ3v) is 5.53. The average molecular weight is 351 g/mol. The van der Waals surface area contributed by atoms with Crippen LogP contribution in [0.25, 0.3) is 6.08 Å². The molecule has 0 bridgehead atoms. The number of benzene rings is 1. The first kappa shape index (κ1) is 18.2. The van der Waals surface area contributed by atoms with Crippen molar-refractivity contribution in [3.05, 3.63) is 35.9 Å². The molecule has 130 valence electrons. The lowest BCUT2D eigenvalue weighted by Crippen LogP contribution is -2.17. The van der Waals surface area contributed by atoms with Crippen LogP contribution in [0.4, 0.5) is 5.69 Å². The first-order valence-corrected chi connectivity index (χ1v) is 9.65. The second-order valence-corrected chi connectivity index (χ2v) is 7.96. The minimum absolute atomic E-state index is 0.0953. The molecular formula is C17H21NO5S. The molecule has 0 radical (unpaired) electrons. The van der Waals surface area contributed by atoms with Gasteiger partial charge in [-0.1, -0.05) is 12.1 Å². The van der Waals surface area contributed by atoms with Gasteiger partial charge in [-0.15, -0.1) is 0 Å². The van der Waals surface area contributed by atoms with E-state index in [9.17, 15) is 18.0 Å². The molecule has 1 aromatic rings. The number of anilines is 1. The molecule has 1 aromatic carbocycles. The van der Waals surface area contributed by atoms with Gasteiger partial charge in [-0.05, 0) is 43.0 Å². The number of amides is 1. The van der Waals surface area contributed by atoms with E-state index in [0.29, 0.717) is 18.7 Å². The summed E-state index contributed by atoms with van der Waals surface area (Å²) in [7, 11) is -2.96. The van der Waals surface area contributed by atoms with Crippen LogP contribution in [-0.4, -0.2) is 38.4 Å². The lowest BCUT2D eigenvalue weighted by Gasteiger charge is -2.09. The molecule has 1 heterocycles. The van der Waals surface area contributed by atoms with E-state index < -0.39 is 15.8 Å². The highest BCUT2D eigenvalue weighted by Gasteiger charge is 2.29. The van der Waals surface area contributed by atoms with E-state index in [1.165, 1.54) is 6.08 Å². The summed E-state index contributed by atoms with van der Waals surface area (Å²) in [4.78, 5) is 23.2. The second kappa shape index (κ2) is 8.10. The number of nitrogens with one attached hydrogen (secondary N) is 1. The molecule has 7 heteroatoms. The van der Waals surface area contributed by atoms with Crippen LogP contribution in [-0.2, 0) is 24.2 Å². The van der Waals surface area contributed by atoms with E-state index in [2.05, 4.69) is 5.32 Å². The molecule has 1 saturated heterocycles. The summed E-state index contributed by atoms with van der Waals surface area (Å²) >= 11 is 0. The Labute approximate surface area is 141 Å². The van der Waals surface area contributed by atoms with Gasteiger partial charge in [0, 0.05) is 18.2 Å². The van der Waals surface area contributed by atoms with Gasteiger partial charge >= 0.3 is 5.97 Å². The van der Waals surface area contributed by atoms with Crippen molar-refractivity contribution in [1.29, 1.82) is 0 Å². The highest BCUT2D eigenvalue weighted by Crippen LogP contribution is 2.22. The molecule has 1 atom stereocenters. The Kier molecular flexibility index (Phi) is 6.14. The minimum atomic E-state index is -2.96. The Balaban J connectivity index is 1.85. The molecule has 0 aromatic heterocycles. The van der Waals surface area contributed by atoms with E-state index in [4.69, 9.17) is 4.74 Å². The van der Waals surface area contributed by atoms with Crippen LogP contribution >= 0.6 is 0 Å². The van der Waals surface area contributed by atoms with Gasteiger partial charge in [0.25, 0.3) is 0 Å². The molecule has 2 rings (SSSR count). The Bertz CT molecular complexity index is 722. The van der Waals surface area contributed by atoms with Gasteiger partial charge in [-0.3, -0.25) is 4.79 Å². The zero-order valence-corrected chi connectivity index (χ0v) is 14.3. The molecule has 1 aliphatic heterocycles. The number of hydrogen-bond donors (Lipinski definition) is 1. The van der Waals surface area contributed by atoms with Crippen molar-refractivity contribution in [2.45, 2.75) is 19.8 Å². The maximum atomic E-state index is 12.0. The van der Waals surface area contributed by atoms with Gasteiger partial charge in [0.1, 0.15) is 0 Å². The van der Waals surface area contributed by atoms with E-state index in [1.54, 1.807) is 37.3 Å². The topological polar surface area (TPSA) is 89.5 Å². The predicted molar refractivity (Wildman–Crippen MR) is 92.1 cm³/mol. The summed E-state index contributed by atoms with van der Waals surface area (Å²) in [6.07, 6.45) is 3.74. The zero-order valence-electron chi connectivity index (χ0n) is 13.5. The van der Waals surface area contributed by atoms with Crippen LogP contribution in [0.1, 0.15) is 25.3 Å². The number of esters is 1. The summed E-state index contributed by atoms with van der Waals surface area (Å²) in [5, 5.41) is 2.76. The molecule has 6 nitrogen and oxygen atoms in total. The second-order valence-electron chi connectivity index (χ2n) is 5.73. The molecule has 24 heavy (non-hydrogen) atoms. The standard InChI is InChI=1S/C17H21NO5S/c1-2-23-17(20)8-5-13-3-6-15(7-4-13)18-16(19)11-14-9-10-24(21,22)12-14/h3-8,14H,2,9-12H2,1H3,(H,18,19). The fourth-order valence-electron chi connectivity index (χ4n) is 2.54. The van der Waals surface area contributed by atoms with Gasteiger partial charge in [0.2, 0.25) is 5.91 Å². The van der Waals surface area contributed by atoms with Crippen molar-refractivity contribution in [1.82, 2.24) is 0 Å². The van der Waals surface area contributed by atoms with Gasteiger partial charge in [-0.2, -0.15) is 0 Å². The van der Waals surface area contributed by atoms with Crippen LogP contribution in [0.2, 0.25) is 0 Å². The maximum absolute atomic E-state index is 12.0. The monoisotopic (exact) mass is 351 g/mol. The number of rotatable bonds is 6. The third-order valence-electron chi connectivity index (χ3n) is 3.69. The molecule has 1 N–H and O–H groups in total. The molecule has 0 aliphatic carbocycles. The van der Waals surface area contributed by atoms with E-state index in [-0.39, 0.29) is 29.8 Å². The molecule has 1 amide bonds. The van der Waals surface area contributed by atoms with Crippen molar-refractivity contribution >= 4 is 33.5 Å². The van der Waals surface area contributed by atoms with Crippen molar-refractivity contribution in [2.75, 3.05) is 23.4 Å². The van der Waals surface area contributed by atoms with Crippen LogP contribution in [0.5, 0.6) is 0 Å². The molecular weight excluding hydrogens is 330 g/mol. The largest absolute Gasteiger partial charge is 0.463 e. The van der Waals surface area contributed by atoms with Crippen molar-refractivity contribution < 1.29 is 22.7 Å². The molecule has 1 unspecified atom stereocenters. The Morgan fingerprint density at radius 3 is 2.58 bits per heavy atom. The average Bonchev–Trinajstić information content (AvgIpc) is 2.85. The number of hydrogen-bond acceptors (Lipinski definition) is 5. The first-order chi connectivity index (χ1) is 11.4. The van der Waals surface area contributed by atoms with Gasteiger partial charge < -0.3 is 10.1 Å². The van der Waals surface area contributed by atoms with E-state index in [1.807, 2.05) is 0 Å². The lowest BCUT2D eigenvalue weighted by molar-refractivity contribution is -0.137. The number of carbonyl (C=O) groups excluding carboxylic acids is 2. The summed E-state index contributed by atoms with van der Waals surface area (Å²) in [6.45, 7) is 2.07. The van der Waals surface area contributed by atoms with Crippen LogP contribution in [0, 0.1) is 5.92 Å². The van der Waals surface area contributed by atoms with Crippen LogP contribution < -0.4 is 5.32 Å². The van der Waals surface area contributed by atoms with Crippen molar-refractivity contribution in [3.8, 4) is 0 Å². The van der Waals surface area contributed by atoms with Gasteiger partial charge in [0.15, 0.2) is 9.84 Å². The first-order valence-electron chi connectivity index (χ1n) is 7.83. The summed E-state index contributed by atoms with van der Waals surface area (Å²) in [5.74, 6) is -0.417. The number of sulfone groups is 1. The predicted octanol–water partition coefficient (Wildman–Crippen LogP) is 2.03. The number of ether oxygens (including phenoxy) is 1. The highest BCUT2D eigenvalue weighted by atomic mass is 32.2. The summed E-state index contributed by atoms with van der Waals surface area (Å²) < 4.78 is 27.6. The minimum Gasteiger partial charge on any atom is -0.463 e. The fraction of sp³-hybridized carbons (Fsp3) is 0.412. The molecule has 0 spiro atoms. The Morgan fingerprint density at radius 2 is 2.00 bits per heavy atom. The van der Waals surface area contributed by atoms with Gasteiger partial charge in [-0.25, -0.2) is 13.2 Å².